The Morgan fingerprint density at radius 3 is 2.40 bits per heavy atom. The lowest BCUT2D eigenvalue weighted by Gasteiger charge is -2.31. The van der Waals surface area contributed by atoms with E-state index in [1.54, 1.807) is 0 Å². The van der Waals surface area contributed by atoms with Gasteiger partial charge in [0.05, 0.1) is 0 Å². The summed E-state index contributed by atoms with van der Waals surface area (Å²) in [6, 6.07) is -0.0825. The Morgan fingerprint density at radius 1 is 1.25 bits per heavy atom. The Hall–Kier alpha value is -1.30. The third-order valence-electron chi connectivity index (χ3n) is 4.25. The highest BCUT2D eigenvalue weighted by molar-refractivity contribution is 5.80. The van der Waals surface area contributed by atoms with Crippen LogP contribution in [0.25, 0.3) is 0 Å². The highest BCUT2D eigenvalue weighted by Gasteiger charge is 2.34. The van der Waals surface area contributed by atoms with Crippen LogP contribution < -0.4 is 5.32 Å². The molecule has 114 valence electrons. The number of carbonyl (C=O) groups excluding carboxylic acids is 1. The van der Waals surface area contributed by atoms with Crippen LogP contribution in [0.15, 0.2) is 0 Å². The van der Waals surface area contributed by atoms with Gasteiger partial charge in [-0.15, -0.1) is 0 Å². The third-order valence-corrected chi connectivity index (χ3v) is 4.25. The van der Waals surface area contributed by atoms with E-state index in [0.717, 1.165) is 45.3 Å². The zero-order valence-electron chi connectivity index (χ0n) is 12.2. The number of hydrogen-bond donors (Lipinski definition) is 2. The molecule has 0 radical (unpaired) electrons. The van der Waals surface area contributed by atoms with Crippen LogP contribution >= 0.6 is 0 Å². The second-order valence-electron chi connectivity index (χ2n) is 5.82. The molecule has 0 spiro atoms. The van der Waals surface area contributed by atoms with Crippen molar-refractivity contribution < 1.29 is 14.7 Å². The van der Waals surface area contributed by atoms with Gasteiger partial charge < -0.3 is 20.2 Å². The Balaban J connectivity index is 1.72. The highest BCUT2D eigenvalue weighted by atomic mass is 16.4. The smallest absolute Gasteiger partial charge is 0.323 e. The van der Waals surface area contributed by atoms with Gasteiger partial charge in [0, 0.05) is 12.6 Å². The first-order chi connectivity index (χ1) is 9.60. The fraction of sp³-hybridized carbons (Fsp3) is 0.857. The maximum atomic E-state index is 12.1. The van der Waals surface area contributed by atoms with Gasteiger partial charge in [0.2, 0.25) is 0 Å². The van der Waals surface area contributed by atoms with Crippen molar-refractivity contribution in [2.24, 2.45) is 5.92 Å². The van der Waals surface area contributed by atoms with Crippen LogP contribution in [0, 0.1) is 5.92 Å². The second-order valence-corrected chi connectivity index (χ2v) is 5.82. The van der Waals surface area contributed by atoms with Gasteiger partial charge in [0.25, 0.3) is 0 Å². The van der Waals surface area contributed by atoms with Crippen molar-refractivity contribution >= 4 is 12.0 Å². The van der Waals surface area contributed by atoms with Gasteiger partial charge in [-0.25, -0.2) is 4.79 Å². The number of rotatable bonds is 6. The molecule has 1 saturated carbocycles. The van der Waals surface area contributed by atoms with E-state index in [9.17, 15) is 9.59 Å². The van der Waals surface area contributed by atoms with Gasteiger partial charge in [-0.1, -0.05) is 6.92 Å². The molecule has 1 heterocycles. The summed E-state index contributed by atoms with van der Waals surface area (Å²) in [6.07, 6.45) is 4.07. The van der Waals surface area contributed by atoms with Crippen LogP contribution in [-0.4, -0.2) is 65.7 Å². The Morgan fingerprint density at radius 2 is 1.90 bits per heavy atom. The molecular weight excluding hydrogens is 258 g/mol. The maximum Gasteiger partial charge on any atom is 0.323 e. The molecule has 2 rings (SSSR count). The summed E-state index contributed by atoms with van der Waals surface area (Å²) in [5, 5.41) is 11.8. The van der Waals surface area contributed by atoms with Gasteiger partial charge in [-0.3, -0.25) is 4.79 Å². The number of carboxylic acids is 1. The number of carbonyl (C=O) groups is 2. The molecular formula is C14H25N3O3. The topological polar surface area (TPSA) is 72.9 Å². The molecule has 0 aromatic heterocycles. The summed E-state index contributed by atoms with van der Waals surface area (Å²) < 4.78 is 0. The van der Waals surface area contributed by atoms with Gasteiger partial charge in [-0.2, -0.15) is 0 Å². The number of nitrogens with zero attached hydrogens (tertiary/aromatic N) is 2. The lowest BCUT2D eigenvalue weighted by molar-refractivity contribution is -0.137. The zero-order valence-corrected chi connectivity index (χ0v) is 12.2. The van der Waals surface area contributed by atoms with Crippen LogP contribution in [0.2, 0.25) is 0 Å². The molecule has 0 bridgehead atoms. The molecule has 2 N–H and O–H groups in total. The Bertz CT molecular complexity index is 350. The zero-order chi connectivity index (χ0) is 14.5. The van der Waals surface area contributed by atoms with Crippen molar-refractivity contribution in [1.82, 2.24) is 15.1 Å². The quantitative estimate of drug-likeness (QED) is 0.762. The lowest BCUT2D eigenvalue weighted by atomic mass is 9.97. The summed E-state index contributed by atoms with van der Waals surface area (Å²) in [5.74, 6) is -0.420. The second kappa shape index (κ2) is 6.92. The van der Waals surface area contributed by atoms with Crippen molar-refractivity contribution in [3.8, 4) is 0 Å². The minimum absolute atomic E-state index is 0.132. The number of nitrogens with one attached hydrogen (secondary N) is 1. The molecule has 2 fully saturated rings. The first kappa shape index (κ1) is 15.1. The van der Waals surface area contributed by atoms with E-state index < -0.39 is 5.97 Å². The van der Waals surface area contributed by atoms with Crippen LogP contribution in [-0.2, 0) is 4.79 Å². The number of urea groups is 1. The Labute approximate surface area is 120 Å². The minimum atomic E-state index is -0.941. The Kier molecular flexibility index (Phi) is 5.23. The molecule has 0 aromatic rings. The molecule has 1 aliphatic carbocycles. The average molecular weight is 283 g/mol. The van der Waals surface area contributed by atoms with Crippen molar-refractivity contribution in [2.75, 3.05) is 32.7 Å². The molecule has 0 unspecified atom stereocenters. The first-order valence-corrected chi connectivity index (χ1v) is 7.58. The number of carboxylic acid groups (broad SMARTS) is 1. The lowest BCUT2D eigenvalue weighted by Crippen LogP contribution is -2.46. The van der Waals surface area contributed by atoms with Crippen LogP contribution in [0.5, 0.6) is 0 Å². The number of likely N-dealkylation sites (tertiary alicyclic amines) is 1. The number of amides is 2. The van der Waals surface area contributed by atoms with Crippen molar-refractivity contribution in [3.63, 3.8) is 0 Å². The normalized spacial score (nSPS) is 20.6. The fourth-order valence-corrected chi connectivity index (χ4v) is 2.74. The summed E-state index contributed by atoms with van der Waals surface area (Å²) in [7, 11) is 0. The van der Waals surface area contributed by atoms with Gasteiger partial charge in [0.1, 0.15) is 6.54 Å². The summed E-state index contributed by atoms with van der Waals surface area (Å²) in [6.45, 7) is 5.93. The van der Waals surface area contributed by atoms with E-state index in [2.05, 4.69) is 17.1 Å². The highest BCUT2D eigenvalue weighted by Crippen LogP contribution is 2.26. The fourth-order valence-electron chi connectivity index (χ4n) is 2.74. The summed E-state index contributed by atoms with van der Waals surface area (Å²) in [5.41, 5.74) is 0. The molecule has 0 aromatic carbocycles. The number of hydrogen-bond acceptors (Lipinski definition) is 3. The SMILES string of the molecule is CCN1CCC(CNC(=O)N(CC(=O)O)C2CC2)CC1. The van der Waals surface area contributed by atoms with Crippen LogP contribution in [0.4, 0.5) is 4.79 Å². The first-order valence-electron chi connectivity index (χ1n) is 7.58. The maximum absolute atomic E-state index is 12.1. The van der Waals surface area contributed by atoms with Crippen molar-refractivity contribution in [3.05, 3.63) is 0 Å². The predicted molar refractivity (Wildman–Crippen MR) is 75.6 cm³/mol. The molecule has 2 aliphatic rings. The van der Waals surface area contributed by atoms with Gasteiger partial charge in [0.15, 0.2) is 0 Å². The van der Waals surface area contributed by atoms with E-state index >= 15 is 0 Å². The molecule has 6 nitrogen and oxygen atoms in total. The van der Waals surface area contributed by atoms with E-state index in [4.69, 9.17) is 5.11 Å². The molecule has 0 atom stereocenters. The van der Waals surface area contributed by atoms with Crippen molar-refractivity contribution in [1.29, 1.82) is 0 Å². The number of aliphatic carboxylic acids is 1. The molecule has 6 heteroatoms. The largest absolute Gasteiger partial charge is 0.480 e. The van der Waals surface area contributed by atoms with E-state index in [1.165, 1.54) is 4.90 Å². The van der Waals surface area contributed by atoms with Crippen LogP contribution in [0.3, 0.4) is 0 Å². The summed E-state index contributed by atoms with van der Waals surface area (Å²) >= 11 is 0. The van der Waals surface area contributed by atoms with Crippen molar-refractivity contribution in [2.45, 2.75) is 38.6 Å². The van der Waals surface area contributed by atoms with E-state index in [0.29, 0.717) is 12.5 Å². The van der Waals surface area contributed by atoms with Gasteiger partial charge >= 0.3 is 12.0 Å². The van der Waals surface area contributed by atoms with E-state index in [-0.39, 0.29) is 18.6 Å². The molecule has 20 heavy (non-hydrogen) atoms. The molecule has 1 aliphatic heterocycles. The average Bonchev–Trinajstić information content (AvgIpc) is 3.27. The third kappa shape index (κ3) is 4.37. The standard InChI is InChI=1S/C14H25N3O3/c1-2-16-7-5-11(6-8-16)9-15-14(20)17(10-13(18)19)12-3-4-12/h11-12H,2-10H2,1H3,(H,15,20)(H,18,19). The minimum Gasteiger partial charge on any atom is -0.480 e. The number of piperidine rings is 1. The molecule has 2 amide bonds. The van der Waals surface area contributed by atoms with E-state index in [1.807, 2.05) is 0 Å². The van der Waals surface area contributed by atoms with Gasteiger partial charge in [-0.05, 0) is 51.2 Å². The monoisotopic (exact) mass is 283 g/mol. The molecule has 1 saturated heterocycles. The predicted octanol–water partition coefficient (Wildman–Crippen LogP) is 0.977. The van der Waals surface area contributed by atoms with Crippen LogP contribution in [0.1, 0.15) is 32.6 Å². The summed E-state index contributed by atoms with van der Waals surface area (Å²) in [4.78, 5) is 26.7.